The Kier molecular flexibility index (Phi) is 1.44. The highest BCUT2D eigenvalue weighted by molar-refractivity contribution is 7.78. The Labute approximate surface area is 56.6 Å². The van der Waals surface area contributed by atoms with Crippen LogP contribution < -0.4 is 0 Å². The fraction of sp³-hybridized carbons (Fsp3) is 0. The standard InChI is InChI=1S/C4H4N2O2S/c7-4(8)3-1-2-5-6(3)9/h1-2,9H,(H,7,8). The monoisotopic (exact) mass is 144 g/mol. The zero-order valence-corrected chi connectivity index (χ0v) is 5.25. The van der Waals surface area contributed by atoms with Crippen LogP contribution in [0.25, 0.3) is 0 Å². The maximum absolute atomic E-state index is 10.2. The first-order valence-corrected chi connectivity index (χ1v) is 2.58. The first-order valence-electron chi connectivity index (χ1n) is 2.18. The van der Waals surface area contributed by atoms with Gasteiger partial charge in [-0.3, -0.25) is 0 Å². The van der Waals surface area contributed by atoms with Crippen molar-refractivity contribution in [2.24, 2.45) is 0 Å². The van der Waals surface area contributed by atoms with Crippen molar-refractivity contribution in [2.75, 3.05) is 0 Å². The van der Waals surface area contributed by atoms with Crippen LogP contribution in [0.5, 0.6) is 0 Å². The molecule has 9 heavy (non-hydrogen) atoms. The Morgan fingerprint density at radius 3 is 2.78 bits per heavy atom. The minimum atomic E-state index is -1.03. The van der Waals surface area contributed by atoms with E-state index in [9.17, 15) is 4.79 Å². The number of carboxylic acids is 1. The van der Waals surface area contributed by atoms with Crippen LogP contribution in [0.4, 0.5) is 0 Å². The molecular formula is C4H4N2O2S. The maximum atomic E-state index is 10.2. The van der Waals surface area contributed by atoms with Gasteiger partial charge in [-0.15, -0.1) is 0 Å². The molecule has 1 aromatic rings. The molecule has 1 N–H and O–H groups in total. The summed E-state index contributed by atoms with van der Waals surface area (Å²) >= 11 is 3.71. The summed E-state index contributed by atoms with van der Waals surface area (Å²) < 4.78 is 1.00. The molecule has 0 aliphatic carbocycles. The van der Waals surface area contributed by atoms with E-state index in [1.807, 2.05) is 0 Å². The number of aromatic nitrogens is 2. The molecule has 5 heteroatoms. The van der Waals surface area contributed by atoms with E-state index in [-0.39, 0.29) is 5.69 Å². The zero-order valence-electron chi connectivity index (χ0n) is 4.35. The molecule has 0 spiro atoms. The summed E-state index contributed by atoms with van der Waals surface area (Å²) in [6, 6.07) is 1.37. The summed E-state index contributed by atoms with van der Waals surface area (Å²) in [5.41, 5.74) is 0.0679. The van der Waals surface area contributed by atoms with Crippen LogP contribution in [0.1, 0.15) is 10.5 Å². The third kappa shape index (κ3) is 1.05. The van der Waals surface area contributed by atoms with Gasteiger partial charge in [0.15, 0.2) is 5.69 Å². The van der Waals surface area contributed by atoms with Gasteiger partial charge in [0, 0.05) is 0 Å². The molecule has 0 unspecified atom stereocenters. The fourth-order valence-electron chi connectivity index (χ4n) is 0.453. The van der Waals surface area contributed by atoms with Crippen LogP contribution in [0.3, 0.4) is 0 Å². The van der Waals surface area contributed by atoms with Crippen LogP contribution in [0.15, 0.2) is 12.3 Å². The van der Waals surface area contributed by atoms with Gasteiger partial charge >= 0.3 is 5.97 Å². The van der Waals surface area contributed by atoms with Crippen LogP contribution in [0.2, 0.25) is 0 Å². The number of thiol groups is 1. The Morgan fingerprint density at radius 1 is 1.89 bits per heavy atom. The largest absolute Gasteiger partial charge is 0.476 e. The summed E-state index contributed by atoms with van der Waals surface area (Å²) in [7, 11) is 0. The lowest BCUT2D eigenvalue weighted by Gasteiger charge is -1.89. The molecule has 0 fully saturated rings. The molecule has 0 aliphatic rings. The quantitative estimate of drug-likeness (QED) is 0.556. The van der Waals surface area contributed by atoms with E-state index in [4.69, 9.17) is 5.11 Å². The molecule has 0 amide bonds. The smallest absolute Gasteiger partial charge is 0.355 e. The molecule has 0 atom stereocenters. The molecule has 0 saturated heterocycles. The molecule has 0 radical (unpaired) electrons. The predicted octanol–water partition coefficient (Wildman–Crippen LogP) is 0.274. The van der Waals surface area contributed by atoms with Crippen LogP contribution in [0, 0.1) is 0 Å². The van der Waals surface area contributed by atoms with Crippen molar-refractivity contribution in [3.8, 4) is 0 Å². The van der Waals surface area contributed by atoms with Gasteiger partial charge in [0.25, 0.3) is 0 Å². The first-order chi connectivity index (χ1) is 4.22. The number of hydrogen-bond donors (Lipinski definition) is 2. The fourth-order valence-corrected chi connectivity index (χ4v) is 0.665. The average Bonchev–Trinajstić information content (AvgIpc) is 2.13. The van der Waals surface area contributed by atoms with E-state index in [1.165, 1.54) is 12.3 Å². The van der Waals surface area contributed by atoms with E-state index in [1.54, 1.807) is 0 Å². The molecule has 0 aromatic carbocycles. The summed E-state index contributed by atoms with van der Waals surface area (Å²) in [5.74, 6) is -1.03. The van der Waals surface area contributed by atoms with Gasteiger partial charge in [0.2, 0.25) is 0 Å². The SMILES string of the molecule is O=C(O)c1ccnn1S. The third-order valence-electron chi connectivity index (χ3n) is 0.843. The van der Waals surface area contributed by atoms with Gasteiger partial charge in [-0.05, 0) is 18.9 Å². The summed E-state index contributed by atoms with van der Waals surface area (Å²) in [4.78, 5) is 10.2. The van der Waals surface area contributed by atoms with Gasteiger partial charge in [-0.2, -0.15) is 5.10 Å². The van der Waals surface area contributed by atoms with Crippen molar-refractivity contribution < 1.29 is 9.90 Å². The minimum Gasteiger partial charge on any atom is -0.476 e. The second kappa shape index (κ2) is 2.10. The van der Waals surface area contributed by atoms with Crippen LogP contribution in [-0.4, -0.2) is 20.3 Å². The molecular weight excluding hydrogens is 140 g/mol. The van der Waals surface area contributed by atoms with Crippen molar-refractivity contribution in [2.45, 2.75) is 0 Å². The molecule has 1 aromatic heterocycles. The Hall–Kier alpha value is -0.970. The molecule has 1 rings (SSSR count). The topological polar surface area (TPSA) is 55.1 Å². The van der Waals surface area contributed by atoms with Crippen LogP contribution >= 0.6 is 12.8 Å². The lowest BCUT2D eigenvalue weighted by Crippen LogP contribution is -2.01. The number of carbonyl (C=O) groups is 1. The number of hydrogen-bond acceptors (Lipinski definition) is 3. The second-order valence-electron chi connectivity index (χ2n) is 1.41. The van der Waals surface area contributed by atoms with Crippen molar-refractivity contribution in [1.29, 1.82) is 0 Å². The number of nitrogens with zero attached hydrogens (tertiary/aromatic N) is 2. The predicted molar refractivity (Wildman–Crippen MR) is 33.6 cm³/mol. The second-order valence-corrected chi connectivity index (χ2v) is 1.79. The molecule has 1 heterocycles. The maximum Gasteiger partial charge on any atom is 0.355 e. The zero-order chi connectivity index (χ0) is 6.85. The Balaban J connectivity index is 3.08. The number of carboxylic acid groups (broad SMARTS) is 1. The van der Waals surface area contributed by atoms with Crippen molar-refractivity contribution >= 4 is 18.8 Å². The number of aromatic carboxylic acids is 1. The van der Waals surface area contributed by atoms with Crippen molar-refractivity contribution in [1.82, 2.24) is 9.19 Å². The first kappa shape index (κ1) is 6.15. The highest BCUT2D eigenvalue weighted by atomic mass is 32.1. The van der Waals surface area contributed by atoms with Crippen molar-refractivity contribution in [3.63, 3.8) is 0 Å². The molecule has 0 saturated carbocycles. The summed E-state index contributed by atoms with van der Waals surface area (Å²) in [6.07, 6.45) is 1.37. The van der Waals surface area contributed by atoms with Gasteiger partial charge in [-0.25, -0.2) is 8.88 Å². The minimum absolute atomic E-state index is 0.0679. The summed E-state index contributed by atoms with van der Waals surface area (Å²) in [5, 5.41) is 11.9. The summed E-state index contributed by atoms with van der Waals surface area (Å²) in [6.45, 7) is 0. The van der Waals surface area contributed by atoms with E-state index in [0.717, 1.165) is 4.09 Å². The molecule has 0 aliphatic heterocycles. The lowest BCUT2D eigenvalue weighted by atomic mass is 10.5. The van der Waals surface area contributed by atoms with E-state index in [0.29, 0.717) is 0 Å². The third-order valence-corrected chi connectivity index (χ3v) is 1.16. The van der Waals surface area contributed by atoms with E-state index >= 15 is 0 Å². The molecule has 0 bridgehead atoms. The van der Waals surface area contributed by atoms with Gasteiger partial charge in [0.05, 0.1) is 6.20 Å². The lowest BCUT2D eigenvalue weighted by molar-refractivity contribution is 0.0689. The van der Waals surface area contributed by atoms with Gasteiger partial charge in [-0.1, -0.05) is 0 Å². The highest BCUT2D eigenvalue weighted by Gasteiger charge is 2.05. The molecule has 48 valence electrons. The van der Waals surface area contributed by atoms with Crippen LogP contribution in [-0.2, 0) is 0 Å². The van der Waals surface area contributed by atoms with E-state index < -0.39 is 5.97 Å². The Morgan fingerprint density at radius 2 is 2.56 bits per heavy atom. The van der Waals surface area contributed by atoms with E-state index in [2.05, 4.69) is 17.9 Å². The van der Waals surface area contributed by atoms with Crippen molar-refractivity contribution in [3.05, 3.63) is 18.0 Å². The highest BCUT2D eigenvalue weighted by Crippen LogP contribution is 1.98. The van der Waals surface area contributed by atoms with Gasteiger partial charge in [0.1, 0.15) is 0 Å². The number of rotatable bonds is 1. The van der Waals surface area contributed by atoms with Gasteiger partial charge < -0.3 is 5.11 Å². The molecule has 4 nitrogen and oxygen atoms in total. The Bertz CT molecular complexity index is 232. The average molecular weight is 144 g/mol. The normalized spacial score (nSPS) is 9.44.